The number of carbonyl (C=O) groups excluding carboxylic acids is 1. The predicted molar refractivity (Wildman–Crippen MR) is 76.9 cm³/mol. The predicted octanol–water partition coefficient (Wildman–Crippen LogP) is 0.901. The molecule has 0 aliphatic carbocycles. The summed E-state index contributed by atoms with van der Waals surface area (Å²) in [5, 5.41) is 13.0. The lowest BCUT2D eigenvalue weighted by molar-refractivity contribution is -0.0605. The quantitative estimate of drug-likeness (QED) is 0.876. The molecule has 0 unspecified atom stereocenters. The number of hydrogen-bond donors (Lipinski definition) is 2. The van der Waals surface area contributed by atoms with Gasteiger partial charge < -0.3 is 15.2 Å². The van der Waals surface area contributed by atoms with Crippen molar-refractivity contribution in [1.29, 1.82) is 0 Å². The average molecular weight is 287 g/mol. The molecule has 2 heterocycles. The van der Waals surface area contributed by atoms with Crippen LogP contribution in [0.1, 0.15) is 23.3 Å². The van der Waals surface area contributed by atoms with E-state index in [1.807, 2.05) is 24.3 Å². The minimum atomic E-state index is -0.891. The van der Waals surface area contributed by atoms with E-state index in [4.69, 9.17) is 4.74 Å². The number of benzene rings is 1. The highest BCUT2D eigenvalue weighted by Gasteiger charge is 2.30. The number of hydrogen-bond acceptors (Lipinski definition) is 5. The zero-order valence-corrected chi connectivity index (χ0v) is 11.6. The summed E-state index contributed by atoms with van der Waals surface area (Å²) < 4.78 is 5.21. The maximum Gasteiger partial charge on any atom is 0.271 e. The van der Waals surface area contributed by atoms with E-state index in [0.717, 1.165) is 5.52 Å². The van der Waals surface area contributed by atoms with Crippen LogP contribution in [0.15, 0.2) is 30.5 Å². The molecule has 2 aromatic rings. The van der Waals surface area contributed by atoms with Crippen molar-refractivity contribution in [1.82, 2.24) is 15.3 Å². The van der Waals surface area contributed by atoms with Crippen LogP contribution in [0.3, 0.4) is 0 Å². The highest BCUT2D eigenvalue weighted by molar-refractivity contribution is 5.93. The van der Waals surface area contributed by atoms with Gasteiger partial charge in [-0.2, -0.15) is 0 Å². The lowest BCUT2D eigenvalue weighted by Gasteiger charge is -2.31. The van der Waals surface area contributed by atoms with E-state index in [-0.39, 0.29) is 18.1 Å². The third-order valence-electron chi connectivity index (χ3n) is 3.68. The Morgan fingerprint density at radius 3 is 2.76 bits per heavy atom. The Balaban J connectivity index is 1.69. The summed E-state index contributed by atoms with van der Waals surface area (Å²) in [5.41, 5.74) is 0.787. The molecule has 0 saturated carbocycles. The van der Waals surface area contributed by atoms with Crippen LogP contribution in [0.2, 0.25) is 0 Å². The average Bonchev–Trinajstić information content (AvgIpc) is 2.53. The van der Waals surface area contributed by atoms with E-state index in [1.165, 1.54) is 6.20 Å². The number of rotatable bonds is 3. The molecule has 0 radical (unpaired) electrons. The molecule has 1 fully saturated rings. The molecule has 0 atom stereocenters. The maximum absolute atomic E-state index is 12.1. The van der Waals surface area contributed by atoms with Gasteiger partial charge in [-0.1, -0.05) is 12.1 Å². The van der Waals surface area contributed by atoms with Gasteiger partial charge in [0.1, 0.15) is 5.69 Å². The molecule has 1 saturated heterocycles. The van der Waals surface area contributed by atoms with Crippen LogP contribution in [0.4, 0.5) is 0 Å². The van der Waals surface area contributed by atoms with Gasteiger partial charge in [0.25, 0.3) is 5.91 Å². The van der Waals surface area contributed by atoms with E-state index in [2.05, 4.69) is 15.3 Å². The molecule has 110 valence electrons. The molecule has 1 aromatic heterocycles. The SMILES string of the molecule is O=C(NCC1(O)CCOCC1)c1cnc2ccccc2n1. The Morgan fingerprint density at radius 1 is 1.29 bits per heavy atom. The van der Waals surface area contributed by atoms with Gasteiger partial charge in [-0.05, 0) is 12.1 Å². The molecule has 6 nitrogen and oxygen atoms in total. The number of nitrogens with one attached hydrogen (secondary N) is 1. The first-order valence-corrected chi connectivity index (χ1v) is 6.96. The lowest BCUT2D eigenvalue weighted by atomic mass is 9.94. The fourth-order valence-corrected chi connectivity index (χ4v) is 2.33. The first kappa shape index (κ1) is 13.9. The Kier molecular flexibility index (Phi) is 3.81. The Morgan fingerprint density at radius 2 is 2.00 bits per heavy atom. The molecule has 0 spiro atoms. The van der Waals surface area contributed by atoms with Gasteiger partial charge in [-0.15, -0.1) is 0 Å². The van der Waals surface area contributed by atoms with E-state index in [9.17, 15) is 9.90 Å². The standard InChI is InChI=1S/C15H17N3O3/c19-14(17-10-15(20)5-7-21-8-6-15)13-9-16-11-3-1-2-4-12(11)18-13/h1-4,9,20H,5-8,10H2,(H,17,19). The summed E-state index contributed by atoms with van der Waals surface area (Å²) in [6.07, 6.45) is 2.50. The topological polar surface area (TPSA) is 84.3 Å². The Labute approximate surface area is 122 Å². The monoisotopic (exact) mass is 287 g/mol. The van der Waals surface area contributed by atoms with Crippen LogP contribution in [0, 0.1) is 0 Å². The van der Waals surface area contributed by atoms with Crippen LogP contribution in [0.5, 0.6) is 0 Å². The smallest absolute Gasteiger partial charge is 0.271 e. The Bertz CT molecular complexity index is 653. The van der Waals surface area contributed by atoms with Crippen molar-refractivity contribution in [2.75, 3.05) is 19.8 Å². The number of fused-ring (bicyclic) bond motifs is 1. The minimum absolute atomic E-state index is 0.198. The van der Waals surface area contributed by atoms with Crippen LogP contribution in [-0.4, -0.2) is 46.3 Å². The van der Waals surface area contributed by atoms with Gasteiger partial charge >= 0.3 is 0 Å². The number of aromatic nitrogens is 2. The summed E-state index contributed by atoms with van der Waals surface area (Å²) in [4.78, 5) is 20.6. The van der Waals surface area contributed by atoms with E-state index in [0.29, 0.717) is 31.6 Å². The molecular formula is C15H17N3O3. The second-order valence-electron chi connectivity index (χ2n) is 5.26. The molecule has 3 rings (SSSR count). The number of nitrogens with zero attached hydrogens (tertiary/aromatic N) is 2. The van der Waals surface area contributed by atoms with E-state index < -0.39 is 5.60 Å². The van der Waals surface area contributed by atoms with Gasteiger partial charge in [-0.3, -0.25) is 9.78 Å². The number of carbonyl (C=O) groups is 1. The summed E-state index contributed by atoms with van der Waals surface area (Å²) in [5.74, 6) is -0.326. The summed E-state index contributed by atoms with van der Waals surface area (Å²) in [7, 11) is 0. The number of para-hydroxylation sites is 2. The minimum Gasteiger partial charge on any atom is -0.388 e. The van der Waals surface area contributed by atoms with Crippen molar-refractivity contribution in [3.8, 4) is 0 Å². The van der Waals surface area contributed by atoms with E-state index >= 15 is 0 Å². The normalized spacial score (nSPS) is 17.6. The summed E-state index contributed by atoms with van der Waals surface area (Å²) in [6, 6.07) is 7.38. The first-order valence-electron chi connectivity index (χ1n) is 6.96. The highest BCUT2D eigenvalue weighted by Crippen LogP contribution is 2.19. The van der Waals surface area contributed by atoms with Crippen molar-refractivity contribution < 1.29 is 14.6 Å². The highest BCUT2D eigenvalue weighted by atomic mass is 16.5. The largest absolute Gasteiger partial charge is 0.388 e. The second-order valence-corrected chi connectivity index (χ2v) is 5.26. The molecule has 2 N–H and O–H groups in total. The van der Waals surface area contributed by atoms with Crippen molar-refractivity contribution in [3.63, 3.8) is 0 Å². The first-order chi connectivity index (χ1) is 10.2. The molecule has 6 heteroatoms. The number of ether oxygens (including phenoxy) is 1. The second kappa shape index (κ2) is 5.75. The third kappa shape index (κ3) is 3.17. The van der Waals surface area contributed by atoms with Gasteiger partial charge in [0.05, 0.1) is 22.8 Å². The van der Waals surface area contributed by atoms with Crippen LogP contribution in [0.25, 0.3) is 11.0 Å². The molecule has 1 aliphatic heterocycles. The van der Waals surface area contributed by atoms with Crippen molar-refractivity contribution in [2.45, 2.75) is 18.4 Å². The van der Waals surface area contributed by atoms with Crippen molar-refractivity contribution >= 4 is 16.9 Å². The van der Waals surface area contributed by atoms with Gasteiger partial charge in [0.15, 0.2) is 0 Å². The lowest BCUT2D eigenvalue weighted by Crippen LogP contribution is -2.46. The summed E-state index contributed by atoms with van der Waals surface area (Å²) >= 11 is 0. The number of amides is 1. The van der Waals surface area contributed by atoms with Gasteiger partial charge in [0.2, 0.25) is 0 Å². The van der Waals surface area contributed by atoms with Crippen LogP contribution < -0.4 is 5.32 Å². The fourth-order valence-electron chi connectivity index (χ4n) is 2.33. The molecule has 21 heavy (non-hydrogen) atoms. The number of aliphatic hydroxyl groups is 1. The summed E-state index contributed by atoms with van der Waals surface area (Å²) in [6.45, 7) is 1.23. The van der Waals surface area contributed by atoms with Gasteiger partial charge in [-0.25, -0.2) is 4.98 Å². The molecule has 1 amide bonds. The van der Waals surface area contributed by atoms with Crippen molar-refractivity contribution in [3.05, 3.63) is 36.2 Å². The Hall–Kier alpha value is -2.05. The van der Waals surface area contributed by atoms with Crippen molar-refractivity contribution in [2.24, 2.45) is 0 Å². The molecule has 0 bridgehead atoms. The maximum atomic E-state index is 12.1. The fraction of sp³-hybridized carbons (Fsp3) is 0.400. The third-order valence-corrected chi connectivity index (χ3v) is 3.68. The van der Waals surface area contributed by atoms with Crippen LogP contribution >= 0.6 is 0 Å². The van der Waals surface area contributed by atoms with Crippen LogP contribution in [-0.2, 0) is 4.74 Å². The molecule has 1 aromatic carbocycles. The molecular weight excluding hydrogens is 270 g/mol. The zero-order valence-electron chi connectivity index (χ0n) is 11.6. The zero-order chi connectivity index (χ0) is 14.7. The molecule has 1 aliphatic rings. The van der Waals surface area contributed by atoms with Gasteiger partial charge in [0, 0.05) is 32.6 Å². The van der Waals surface area contributed by atoms with E-state index in [1.54, 1.807) is 0 Å².